The lowest BCUT2D eigenvalue weighted by atomic mass is 10.1. The minimum Gasteiger partial charge on any atom is -0.496 e. The molecule has 36 heavy (non-hydrogen) atoms. The number of para-hydroxylation sites is 1. The number of benzene rings is 2. The molecule has 0 bridgehead atoms. The first-order valence-electron chi connectivity index (χ1n) is 11.1. The third-order valence-corrected chi connectivity index (χ3v) is 5.83. The van der Waals surface area contributed by atoms with Crippen LogP contribution in [0.15, 0.2) is 73.1 Å². The predicted octanol–water partition coefficient (Wildman–Crippen LogP) is 5.15. The van der Waals surface area contributed by atoms with Crippen LogP contribution in [0.3, 0.4) is 0 Å². The van der Waals surface area contributed by atoms with E-state index in [0.29, 0.717) is 23.7 Å². The first-order valence-corrected chi connectivity index (χ1v) is 11.1. The van der Waals surface area contributed by atoms with Gasteiger partial charge in [0.15, 0.2) is 11.5 Å². The molecule has 0 saturated carbocycles. The molecule has 5 rings (SSSR count). The Hall–Kier alpha value is -4.60. The van der Waals surface area contributed by atoms with Gasteiger partial charge in [0.05, 0.1) is 25.5 Å². The van der Waals surface area contributed by atoms with Crippen molar-refractivity contribution in [1.82, 2.24) is 24.4 Å². The quantitative estimate of drug-likeness (QED) is 0.343. The zero-order valence-electron chi connectivity index (χ0n) is 19.5. The van der Waals surface area contributed by atoms with Gasteiger partial charge in [0.1, 0.15) is 17.0 Å². The number of nitrogens with one attached hydrogen (secondary N) is 1. The number of ether oxygens (including phenoxy) is 1. The Morgan fingerprint density at radius 3 is 2.67 bits per heavy atom. The van der Waals surface area contributed by atoms with Gasteiger partial charge in [-0.25, -0.2) is 18.3 Å². The highest BCUT2D eigenvalue weighted by atomic mass is 19.3. The topological polar surface area (TPSA) is 86.3 Å². The van der Waals surface area contributed by atoms with E-state index in [1.807, 2.05) is 31.2 Å². The maximum atomic E-state index is 13.9. The summed E-state index contributed by atoms with van der Waals surface area (Å²) >= 11 is 0. The number of rotatable bonds is 7. The van der Waals surface area contributed by atoms with Crippen LogP contribution in [0.25, 0.3) is 16.9 Å². The highest BCUT2D eigenvalue weighted by molar-refractivity contribution is 6.07. The van der Waals surface area contributed by atoms with Gasteiger partial charge in [-0.05, 0) is 36.2 Å². The van der Waals surface area contributed by atoms with Gasteiger partial charge in [-0.15, -0.1) is 0 Å². The molecule has 0 aliphatic carbocycles. The van der Waals surface area contributed by atoms with Gasteiger partial charge in [-0.1, -0.05) is 36.4 Å². The Kier molecular flexibility index (Phi) is 6.16. The van der Waals surface area contributed by atoms with Crippen LogP contribution in [0.2, 0.25) is 0 Å². The molecule has 0 fully saturated rings. The van der Waals surface area contributed by atoms with Crippen molar-refractivity contribution < 1.29 is 18.3 Å². The van der Waals surface area contributed by atoms with Crippen LogP contribution in [0.1, 0.15) is 33.6 Å². The van der Waals surface area contributed by atoms with Crippen LogP contribution in [0.4, 0.5) is 14.6 Å². The smallest absolute Gasteiger partial charge is 0.280 e. The second kappa shape index (κ2) is 9.57. The van der Waals surface area contributed by atoms with Gasteiger partial charge in [0, 0.05) is 17.8 Å². The second-order valence-corrected chi connectivity index (χ2v) is 8.14. The number of anilines is 1. The molecular weight excluding hydrogens is 466 g/mol. The number of aromatic nitrogens is 5. The van der Waals surface area contributed by atoms with Gasteiger partial charge in [0.2, 0.25) is 0 Å². The highest BCUT2D eigenvalue weighted by Crippen LogP contribution is 2.32. The van der Waals surface area contributed by atoms with Crippen LogP contribution in [-0.2, 0) is 6.54 Å². The number of alkyl halides is 2. The number of hydrogen-bond acceptors (Lipinski definition) is 5. The molecule has 0 atom stereocenters. The molecule has 0 aliphatic rings. The van der Waals surface area contributed by atoms with Crippen molar-refractivity contribution in [1.29, 1.82) is 0 Å². The molecule has 3 heterocycles. The Morgan fingerprint density at radius 2 is 1.89 bits per heavy atom. The number of methoxy groups -OCH3 is 1. The number of fused-ring (bicyclic) bond motifs is 1. The zero-order valence-corrected chi connectivity index (χ0v) is 19.5. The summed E-state index contributed by atoms with van der Waals surface area (Å²) in [6.07, 6.45) is 0.141. The third kappa shape index (κ3) is 4.40. The molecule has 0 aliphatic heterocycles. The normalized spacial score (nSPS) is 11.2. The maximum absolute atomic E-state index is 13.9. The summed E-state index contributed by atoms with van der Waals surface area (Å²) in [7, 11) is 1.49. The predicted molar refractivity (Wildman–Crippen MR) is 130 cm³/mol. The Balaban J connectivity index is 1.47. The van der Waals surface area contributed by atoms with Gasteiger partial charge in [-0.3, -0.25) is 9.48 Å². The minimum atomic E-state index is -2.84. The summed E-state index contributed by atoms with van der Waals surface area (Å²) in [5.41, 5.74) is 2.67. The first kappa shape index (κ1) is 23.2. The van der Waals surface area contributed by atoms with Crippen LogP contribution in [-0.4, -0.2) is 37.4 Å². The molecule has 1 amide bonds. The molecule has 1 N–H and O–H groups in total. The Morgan fingerprint density at radius 1 is 1.11 bits per heavy atom. The number of nitrogens with zero attached hydrogens (tertiary/aromatic N) is 5. The van der Waals surface area contributed by atoms with E-state index >= 15 is 0 Å². The second-order valence-electron chi connectivity index (χ2n) is 8.14. The van der Waals surface area contributed by atoms with Crippen molar-refractivity contribution >= 4 is 17.4 Å². The molecule has 0 unspecified atom stereocenters. The molecule has 5 aromatic rings. The fraction of sp³-hybridized carbons (Fsp3) is 0.154. The molecule has 8 nitrogen and oxygen atoms in total. The van der Waals surface area contributed by atoms with Crippen molar-refractivity contribution in [3.63, 3.8) is 0 Å². The fourth-order valence-corrected chi connectivity index (χ4v) is 3.96. The summed E-state index contributed by atoms with van der Waals surface area (Å²) < 4.78 is 35.9. The zero-order chi connectivity index (χ0) is 25.2. The monoisotopic (exact) mass is 488 g/mol. The number of carbonyl (C=O) groups excluding carboxylic acids is 1. The fourth-order valence-electron chi connectivity index (χ4n) is 3.96. The standard InChI is InChI=1S/C26H22F2N6O2/c1-16-7-3-4-8-17(16)15-33-12-11-23(32-33)31-26(35)19-14-29-34-21(24(27)28)13-20(30-25(19)34)18-9-5-6-10-22(18)36-2/h3-14,24H,15H2,1-2H3,(H,31,32,35). The summed E-state index contributed by atoms with van der Waals surface area (Å²) in [6, 6.07) is 17.8. The third-order valence-electron chi connectivity index (χ3n) is 5.83. The van der Waals surface area contributed by atoms with Gasteiger partial charge in [-0.2, -0.15) is 10.2 Å². The van der Waals surface area contributed by atoms with Crippen LogP contribution < -0.4 is 10.1 Å². The lowest BCUT2D eigenvalue weighted by molar-refractivity contribution is 0.102. The van der Waals surface area contributed by atoms with Crippen LogP contribution in [0, 0.1) is 6.92 Å². The van der Waals surface area contributed by atoms with Crippen molar-refractivity contribution in [2.24, 2.45) is 0 Å². The average Bonchev–Trinajstić information content (AvgIpc) is 3.51. The molecule has 2 aromatic carbocycles. The largest absolute Gasteiger partial charge is 0.496 e. The summed E-state index contributed by atoms with van der Waals surface area (Å²) in [5.74, 6) is 0.234. The summed E-state index contributed by atoms with van der Waals surface area (Å²) in [4.78, 5) is 17.6. The van der Waals surface area contributed by atoms with Crippen LogP contribution >= 0.6 is 0 Å². The molecule has 182 valence electrons. The Labute approximate surface area is 205 Å². The lowest BCUT2D eigenvalue weighted by Crippen LogP contribution is -2.14. The number of halogens is 2. The van der Waals surface area contributed by atoms with E-state index in [2.05, 4.69) is 20.5 Å². The Bertz CT molecular complexity index is 1560. The van der Waals surface area contributed by atoms with Crippen molar-refractivity contribution in [2.45, 2.75) is 19.9 Å². The maximum Gasteiger partial charge on any atom is 0.280 e. The number of hydrogen-bond donors (Lipinski definition) is 1. The average molecular weight is 488 g/mol. The lowest BCUT2D eigenvalue weighted by Gasteiger charge is -2.11. The van der Waals surface area contributed by atoms with Gasteiger partial charge >= 0.3 is 0 Å². The van der Waals surface area contributed by atoms with E-state index in [1.165, 1.54) is 19.4 Å². The van der Waals surface area contributed by atoms with Gasteiger partial charge < -0.3 is 10.1 Å². The van der Waals surface area contributed by atoms with E-state index in [-0.39, 0.29) is 22.6 Å². The highest BCUT2D eigenvalue weighted by Gasteiger charge is 2.23. The SMILES string of the molecule is COc1ccccc1-c1cc(C(F)F)n2ncc(C(=O)Nc3ccn(Cc4ccccc4C)n3)c2n1. The molecule has 0 spiro atoms. The molecular formula is C26H22F2N6O2. The summed E-state index contributed by atoms with van der Waals surface area (Å²) in [5, 5.41) is 11.1. The van der Waals surface area contributed by atoms with E-state index in [0.717, 1.165) is 15.6 Å². The van der Waals surface area contributed by atoms with E-state index in [9.17, 15) is 13.6 Å². The van der Waals surface area contributed by atoms with E-state index in [1.54, 1.807) is 41.2 Å². The minimum absolute atomic E-state index is 0.00514. The van der Waals surface area contributed by atoms with Crippen molar-refractivity contribution in [3.8, 4) is 17.0 Å². The van der Waals surface area contributed by atoms with E-state index in [4.69, 9.17) is 4.74 Å². The van der Waals surface area contributed by atoms with Crippen molar-refractivity contribution in [3.05, 3.63) is 95.4 Å². The molecule has 10 heteroatoms. The number of amides is 1. The molecule has 0 saturated heterocycles. The van der Waals surface area contributed by atoms with Crippen molar-refractivity contribution in [2.75, 3.05) is 12.4 Å². The number of carbonyl (C=O) groups is 1. The number of aryl methyl sites for hydroxylation is 1. The summed E-state index contributed by atoms with van der Waals surface area (Å²) in [6.45, 7) is 2.56. The van der Waals surface area contributed by atoms with E-state index < -0.39 is 12.3 Å². The molecule has 3 aromatic heterocycles. The van der Waals surface area contributed by atoms with Gasteiger partial charge in [0.25, 0.3) is 12.3 Å². The van der Waals surface area contributed by atoms with Crippen LogP contribution in [0.5, 0.6) is 5.75 Å². The molecule has 0 radical (unpaired) electrons. The first-order chi connectivity index (χ1) is 17.4.